The second-order valence-electron chi connectivity index (χ2n) is 4.43. The van der Waals surface area contributed by atoms with Crippen molar-refractivity contribution in [3.8, 4) is 0 Å². The average molecular weight is 289 g/mol. The number of halogens is 1. The molecule has 0 radical (unpaired) electrons. The van der Waals surface area contributed by atoms with E-state index in [1.165, 1.54) is 4.31 Å². The Morgan fingerprint density at radius 1 is 1.22 bits per heavy atom. The minimum Gasteiger partial charge on any atom is -0.326 e. The number of nitrogens with two attached hydrogens (primary N) is 1. The first-order valence-corrected chi connectivity index (χ1v) is 7.86. The highest BCUT2D eigenvalue weighted by molar-refractivity contribution is 7.89. The van der Waals surface area contributed by atoms with Crippen LogP contribution in [0.4, 0.5) is 0 Å². The van der Waals surface area contributed by atoms with Crippen molar-refractivity contribution in [2.24, 2.45) is 5.73 Å². The zero-order valence-corrected chi connectivity index (χ0v) is 11.7. The molecule has 1 saturated heterocycles. The minimum absolute atomic E-state index is 0.175. The molecule has 0 amide bonds. The number of sulfonamides is 1. The highest BCUT2D eigenvalue weighted by atomic mass is 35.5. The highest BCUT2D eigenvalue weighted by Gasteiger charge is 2.27. The molecule has 1 fully saturated rings. The van der Waals surface area contributed by atoms with Gasteiger partial charge in [0, 0.05) is 19.6 Å². The lowest BCUT2D eigenvalue weighted by molar-refractivity contribution is 0.346. The smallest absolute Gasteiger partial charge is 0.244 e. The zero-order chi connectivity index (χ0) is 13.2. The minimum atomic E-state index is -3.48. The van der Waals surface area contributed by atoms with Crippen LogP contribution in [-0.2, 0) is 16.6 Å². The summed E-state index contributed by atoms with van der Waals surface area (Å²) < 4.78 is 26.5. The fourth-order valence-corrected chi connectivity index (χ4v) is 4.16. The summed E-state index contributed by atoms with van der Waals surface area (Å²) in [6, 6.07) is 4.92. The predicted molar refractivity (Wildman–Crippen MR) is 72.0 cm³/mol. The number of hydrogen-bond acceptors (Lipinski definition) is 3. The molecule has 0 aromatic heterocycles. The van der Waals surface area contributed by atoms with Crippen molar-refractivity contribution in [3.63, 3.8) is 0 Å². The summed E-state index contributed by atoms with van der Waals surface area (Å²) in [4.78, 5) is 0.175. The summed E-state index contributed by atoms with van der Waals surface area (Å²) in [5.74, 6) is 0. The molecule has 1 aliphatic rings. The van der Waals surface area contributed by atoms with Gasteiger partial charge in [-0.3, -0.25) is 0 Å². The number of hydrogen-bond donors (Lipinski definition) is 1. The fraction of sp³-hybridized carbons (Fsp3) is 0.500. The lowest BCUT2D eigenvalue weighted by Gasteiger charge is -2.26. The lowest BCUT2D eigenvalue weighted by Crippen LogP contribution is -2.35. The SMILES string of the molecule is NCc1ccc(Cl)c(S(=O)(=O)N2CCCCC2)c1. The van der Waals surface area contributed by atoms with Crippen molar-refractivity contribution < 1.29 is 8.42 Å². The van der Waals surface area contributed by atoms with Crippen LogP contribution >= 0.6 is 11.6 Å². The third-order valence-electron chi connectivity index (χ3n) is 3.16. The quantitative estimate of drug-likeness (QED) is 0.925. The van der Waals surface area contributed by atoms with Crippen molar-refractivity contribution >= 4 is 21.6 Å². The van der Waals surface area contributed by atoms with Gasteiger partial charge in [-0.15, -0.1) is 0 Å². The Hall–Kier alpha value is -0.620. The molecule has 2 N–H and O–H groups in total. The van der Waals surface area contributed by atoms with E-state index in [1.54, 1.807) is 18.2 Å². The first-order chi connectivity index (χ1) is 8.55. The van der Waals surface area contributed by atoms with Gasteiger partial charge >= 0.3 is 0 Å². The first kappa shape index (κ1) is 13.8. The van der Waals surface area contributed by atoms with Gasteiger partial charge in [-0.2, -0.15) is 4.31 Å². The molecule has 18 heavy (non-hydrogen) atoms. The fourth-order valence-electron chi connectivity index (χ4n) is 2.12. The Balaban J connectivity index is 2.39. The summed E-state index contributed by atoms with van der Waals surface area (Å²) in [6.45, 7) is 1.46. The largest absolute Gasteiger partial charge is 0.326 e. The average Bonchev–Trinajstić information content (AvgIpc) is 2.40. The van der Waals surface area contributed by atoms with Crippen molar-refractivity contribution in [2.45, 2.75) is 30.7 Å². The van der Waals surface area contributed by atoms with Gasteiger partial charge in [-0.1, -0.05) is 24.1 Å². The number of piperidine rings is 1. The van der Waals surface area contributed by atoms with E-state index in [0.717, 1.165) is 24.8 Å². The predicted octanol–water partition coefficient (Wildman–Crippen LogP) is 1.97. The van der Waals surface area contributed by atoms with Gasteiger partial charge in [0.1, 0.15) is 4.90 Å². The summed E-state index contributed by atoms with van der Waals surface area (Å²) in [5, 5.41) is 0.262. The molecule has 1 aromatic carbocycles. The highest BCUT2D eigenvalue weighted by Crippen LogP contribution is 2.27. The van der Waals surface area contributed by atoms with E-state index in [9.17, 15) is 8.42 Å². The van der Waals surface area contributed by atoms with Crippen LogP contribution in [0.5, 0.6) is 0 Å². The van der Waals surface area contributed by atoms with Gasteiger partial charge < -0.3 is 5.73 Å². The molecule has 1 heterocycles. The molecule has 100 valence electrons. The third-order valence-corrected chi connectivity index (χ3v) is 5.54. The van der Waals surface area contributed by atoms with Crippen LogP contribution in [0, 0.1) is 0 Å². The second kappa shape index (κ2) is 5.57. The van der Waals surface area contributed by atoms with E-state index < -0.39 is 10.0 Å². The molecule has 0 aliphatic carbocycles. The van der Waals surface area contributed by atoms with Crippen LogP contribution in [0.25, 0.3) is 0 Å². The zero-order valence-electron chi connectivity index (χ0n) is 10.1. The van der Waals surface area contributed by atoms with E-state index >= 15 is 0 Å². The van der Waals surface area contributed by atoms with E-state index in [4.69, 9.17) is 17.3 Å². The molecular weight excluding hydrogens is 272 g/mol. The molecule has 2 rings (SSSR count). The molecule has 1 aromatic rings. The van der Waals surface area contributed by atoms with Gasteiger partial charge in [0.15, 0.2) is 0 Å². The van der Waals surface area contributed by atoms with Gasteiger partial charge in [0.25, 0.3) is 0 Å². The Labute approximate surface area is 113 Å². The maximum absolute atomic E-state index is 12.5. The summed E-state index contributed by atoms with van der Waals surface area (Å²) in [6.07, 6.45) is 2.91. The van der Waals surface area contributed by atoms with Crippen molar-refractivity contribution in [3.05, 3.63) is 28.8 Å². The number of nitrogens with zero attached hydrogens (tertiary/aromatic N) is 1. The van der Waals surface area contributed by atoms with Crippen molar-refractivity contribution in [1.82, 2.24) is 4.31 Å². The Morgan fingerprint density at radius 2 is 1.89 bits per heavy atom. The standard InChI is InChI=1S/C12H17ClN2O2S/c13-11-5-4-10(9-14)8-12(11)18(16,17)15-6-2-1-3-7-15/h4-5,8H,1-3,6-7,9,14H2. The van der Waals surface area contributed by atoms with E-state index in [1.807, 2.05) is 0 Å². The Morgan fingerprint density at radius 3 is 2.50 bits per heavy atom. The van der Waals surface area contributed by atoms with E-state index in [-0.39, 0.29) is 9.92 Å². The van der Waals surface area contributed by atoms with Crippen LogP contribution in [0.1, 0.15) is 24.8 Å². The molecule has 6 heteroatoms. The van der Waals surface area contributed by atoms with Crippen LogP contribution in [0.3, 0.4) is 0 Å². The van der Waals surface area contributed by atoms with Gasteiger partial charge in [-0.05, 0) is 30.5 Å². The summed E-state index contributed by atoms with van der Waals surface area (Å²) in [5.41, 5.74) is 6.31. The maximum Gasteiger partial charge on any atom is 0.244 e. The van der Waals surface area contributed by atoms with Crippen molar-refractivity contribution in [2.75, 3.05) is 13.1 Å². The molecule has 0 unspecified atom stereocenters. The number of benzene rings is 1. The van der Waals surface area contributed by atoms with Gasteiger partial charge in [0.05, 0.1) is 5.02 Å². The Kier molecular flexibility index (Phi) is 4.27. The number of rotatable bonds is 3. The third kappa shape index (κ3) is 2.69. The lowest BCUT2D eigenvalue weighted by atomic mass is 10.2. The van der Waals surface area contributed by atoms with E-state index in [2.05, 4.69) is 0 Å². The van der Waals surface area contributed by atoms with Crippen molar-refractivity contribution in [1.29, 1.82) is 0 Å². The molecule has 0 saturated carbocycles. The van der Waals surface area contributed by atoms with Crippen LogP contribution in [-0.4, -0.2) is 25.8 Å². The summed E-state index contributed by atoms with van der Waals surface area (Å²) >= 11 is 6.01. The molecule has 0 atom stereocenters. The Bertz CT molecular complexity index is 525. The molecule has 0 spiro atoms. The maximum atomic E-state index is 12.5. The normalized spacial score (nSPS) is 17.9. The first-order valence-electron chi connectivity index (χ1n) is 6.04. The second-order valence-corrected chi connectivity index (χ2v) is 6.75. The van der Waals surface area contributed by atoms with Gasteiger partial charge in [-0.25, -0.2) is 8.42 Å². The monoisotopic (exact) mass is 288 g/mol. The van der Waals surface area contributed by atoms with Crippen LogP contribution < -0.4 is 5.73 Å². The summed E-state index contributed by atoms with van der Waals surface area (Å²) in [7, 11) is -3.48. The molecular formula is C12H17ClN2O2S. The van der Waals surface area contributed by atoms with Crippen LogP contribution in [0.15, 0.2) is 23.1 Å². The van der Waals surface area contributed by atoms with Gasteiger partial charge in [0.2, 0.25) is 10.0 Å². The molecule has 4 nitrogen and oxygen atoms in total. The molecule has 0 bridgehead atoms. The van der Waals surface area contributed by atoms with E-state index in [0.29, 0.717) is 19.6 Å². The van der Waals surface area contributed by atoms with Crippen LogP contribution in [0.2, 0.25) is 5.02 Å². The topological polar surface area (TPSA) is 63.4 Å². The molecule has 1 aliphatic heterocycles.